The van der Waals surface area contributed by atoms with Gasteiger partial charge in [0.15, 0.2) is 0 Å². The maximum absolute atomic E-state index is 14.0. The first-order chi connectivity index (χ1) is 17.8. The summed E-state index contributed by atoms with van der Waals surface area (Å²) in [6.45, 7) is 4.09. The number of rotatable bonds is 4. The van der Waals surface area contributed by atoms with Crippen LogP contribution in [0.15, 0.2) is 54.7 Å². The average molecular weight is 519 g/mol. The molecule has 1 amide bonds. The van der Waals surface area contributed by atoms with Gasteiger partial charge in [0.1, 0.15) is 11.5 Å². The summed E-state index contributed by atoms with van der Waals surface area (Å²) in [5.41, 5.74) is 8.38. The van der Waals surface area contributed by atoms with Crippen molar-refractivity contribution in [3.05, 3.63) is 82.4 Å². The Morgan fingerprint density at radius 2 is 1.95 bits per heavy atom. The lowest BCUT2D eigenvalue weighted by Crippen LogP contribution is -2.42. The lowest BCUT2D eigenvalue weighted by atomic mass is 10.1. The van der Waals surface area contributed by atoms with Crippen molar-refractivity contribution in [2.75, 3.05) is 6.54 Å². The van der Waals surface area contributed by atoms with Crippen LogP contribution in [0, 0.1) is 25.6 Å². The molecule has 3 atom stereocenters. The summed E-state index contributed by atoms with van der Waals surface area (Å²) in [4.78, 5) is 35.1. The summed E-state index contributed by atoms with van der Waals surface area (Å²) >= 11 is 1.44. The number of hydrogen-bond donors (Lipinski definition) is 2. The van der Waals surface area contributed by atoms with Crippen LogP contribution in [0.4, 0.5) is 4.39 Å². The largest absolute Gasteiger partial charge is 0.478 e. The maximum atomic E-state index is 14.0. The van der Waals surface area contributed by atoms with Gasteiger partial charge in [-0.2, -0.15) is 0 Å². The first kappa shape index (κ1) is 25.0. The molecule has 1 saturated carbocycles. The molecule has 0 bridgehead atoms. The second-order valence-corrected chi connectivity index (χ2v) is 10.7. The van der Waals surface area contributed by atoms with Crippen molar-refractivity contribution < 1.29 is 19.1 Å². The molecule has 6 rings (SSSR count). The standard InChI is InChI=1S/C18H20FN3OS.C10H7NO2/c1-9-3-4-11(6-14(9)19)17-16(21-10(2)24-17)18(23)22-13(8-20)5-12-7-15(12)22;12-10(13)8-5-1-3-7-4-2-6-11-9(7)8/h3-4,6,12-13,15H,5,7-8,20H2,1-2H3;1-6H,(H,12,13)/t12-,13+,15+;/m1./s1. The van der Waals surface area contributed by atoms with Crippen molar-refractivity contribution in [3.63, 3.8) is 0 Å². The Hall–Kier alpha value is -3.69. The predicted octanol–water partition coefficient (Wildman–Crippen LogP) is 5.06. The van der Waals surface area contributed by atoms with Crippen LogP contribution in [0.25, 0.3) is 21.3 Å². The second kappa shape index (κ2) is 9.99. The number of pyridine rings is 1. The van der Waals surface area contributed by atoms with Crippen molar-refractivity contribution in [3.8, 4) is 10.4 Å². The number of halogens is 1. The van der Waals surface area contributed by atoms with Crippen LogP contribution < -0.4 is 5.73 Å². The monoisotopic (exact) mass is 518 g/mol. The molecule has 3 heterocycles. The van der Waals surface area contributed by atoms with Gasteiger partial charge in [0.05, 0.1) is 21.0 Å². The second-order valence-electron chi connectivity index (χ2n) is 9.46. The van der Waals surface area contributed by atoms with Gasteiger partial charge in [0.25, 0.3) is 5.91 Å². The zero-order chi connectivity index (χ0) is 26.3. The number of carbonyl (C=O) groups excluding carboxylic acids is 1. The Morgan fingerprint density at radius 1 is 1.16 bits per heavy atom. The number of nitrogens with zero attached hydrogens (tertiary/aromatic N) is 3. The molecule has 0 spiro atoms. The summed E-state index contributed by atoms with van der Waals surface area (Å²) in [6.07, 6.45) is 3.65. The lowest BCUT2D eigenvalue weighted by molar-refractivity contribution is 0.0690. The first-order valence-electron chi connectivity index (χ1n) is 12.1. The van der Waals surface area contributed by atoms with Gasteiger partial charge >= 0.3 is 5.97 Å². The highest BCUT2D eigenvalue weighted by atomic mass is 32.1. The normalized spacial score (nSPS) is 19.8. The Labute approximate surface area is 217 Å². The van der Waals surface area contributed by atoms with Gasteiger partial charge in [-0.15, -0.1) is 11.3 Å². The SMILES string of the molecule is Cc1nc(C(=O)N2[C@H](CN)C[C@@H]3C[C@@H]32)c(-c2ccc(C)c(F)c2)s1.O=C(O)c1cccc2cccnc12. The number of piperidine rings is 1. The van der Waals surface area contributed by atoms with Crippen molar-refractivity contribution in [2.24, 2.45) is 11.7 Å². The van der Waals surface area contributed by atoms with E-state index in [9.17, 15) is 14.0 Å². The van der Waals surface area contributed by atoms with E-state index in [4.69, 9.17) is 10.8 Å². The molecule has 2 aromatic heterocycles. The van der Waals surface area contributed by atoms with Crippen molar-refractivity contribution >= 4 is 34.1 Å². The van der Waals surface area contributed by atoms with Crippen LogP contribution in [0.5, 0.6) is 0 Å². The molecule has 190 valence electrons. The highest BCUT2D eigenvalue weighted by Crippen LogP contribution is 2.48. The number of para-hydroxylation sites is 1. The highest BCUT2D eigenvalue weighted by Gasteiger charge is 2.54. The van der Waals surface area contributed by atoms with E-state index < -0.39 is 5.97 Å². The molecule has 2 aromatic carbocycles. The maximum Gasteiger partial charge on any atom is 0.337 e. The summed E-state index contributed by atoms with van der Waals surface area (Å²) in [6, 6.07) is 14.2. The number of amides is 1. The van der Waals surface area contributed by atoms with E-state index in [2.05, 4.69) is 9.97 Å². The average Bonchev–Trinajstić information content (AvgIpc) is 3.38. The number of carboxylic acid groups (broad SMARTS) is 1. The van der Waals surface area contributed by atoms with E-state index in [1.165, 1.54) is 17.4 Å². The summed E-state index contributed by atoms with van der Waals surface area (Å²) in [5, 5.41) is 10.5. The Morgan fingerprint density at radius 3 is 2.68 bits per heavy atom. The number of benzene rings is 2. The van der Waals surface area contributed by atoms with Crippen LogP contribution in [-0.4, -0.2) is 50.5 Å². The van der Waals surface area contributed by atoms with Gasteiger partial charge < -0.3 is 15.7 Å². The predicted molar refractivity (Wildman–Crippen MR) is 141 cm³/mol. The molecule has 1 saturated heterocycles. The molecule has 9 heteroatoms. The number of likely N-dealkylation sites (tertiary alicyclic amines) is 1. The number of nitrogens with two attached hydrogens (primary N) is 1. The summed E-state index contributed by atoms with van der Waals surface area (Å²) < 4.78 is 14.0. The van der Waals surface area contributed by atoms with E-state index in [1.807, 2.05) is 30.0 Å². The van der Waals surface area contributed by atoms with Gasteiger partial charge in [-0.3, -0.25) is 9.78 Å². The number of fused-ring (bicyclic) bond motifs is 2. The van der Waals surface area contributed by atoms with Gasteiger partial charge in [-0.05, 0) is 61.9 Å². The van der Waals surface area contributed by atoms with Crippen LogP contribution >= 0.6 is 11.3 Å². The minimum Gasteiger partial charge on any atom is -0.478 e. The molecule has 0 radical (unpaired) electrons. The van der Waals surface area contributed by atoms with E-state index in [0.717, 1.165) is 28.1 Å². The number of carbonyl (C=O) groups is 2. The summed E-state index contributed by atoms with van der Waals surface area (Å²) in [7, 11) is 0. The fourth-order valence-electron chi connectivity index (χ4n) is 4.99. The van der Waals surface area contributed by atoms with Crippen molar-refractivity contribution in [1.29, 1.82) is 0 Å². The van der Waals surface area contributed by atoms with Gasteiger partial charge in [0.2, 0.25) is 0 Å². The third kappa shape index (κ3) is 4.84. The minimum absolute atomic E-state index is 0.0595. The molecular formula is C28H27FN4O3S. The Balaban J connectivity index is 0.000000182. The van der Waals surface area contributed by atoms with E-state index in [0.29, 0.717) is 40.8 Å². The third-order valence-corrected chi connectivity index (χ3v) is 7.97. The van der Waals surface area contributed by atoms with Crippen LogP contribution in [-0.2, 0) is 0 Å². The van der Waals surface area contributed by atoms with Crippen LogP contribution in [0.3, 0.4) is 0 Å². The number of aromatic nitrogens is 2. The van der Waals surface area contributed by atoms with Crippen LogP contribution in [0.1, 0.15) is 44.3 Å². The quantitative estimate of drug-likeness (QED) is 0.391. The first-order valence-corrected chi connectivity index (χ1v) is 12.9. The topological polar surface area (TPSA) is 109 Å². The fraction of sp³-hybridized carbons (Fsp3) is 0.286. The number of hydrogen-bond acceptors (Lipinski definition) is 6. The smallest absolute Gasteiger partial charge is 0.337 e. The van der Waals surface area contributed by atoms with E-state index >= 15 is 0 Å². The number of carboxylic acids is 1. The van der Waals surface area contributed by atoms with Gasteiger partial charge in [-0.25, -0.2) is 14.2 Å². The molecule has 3 N–H and O–H groups in total. The van der Waals surface area contributed by atoms with Gasteiger partial charge in [-0.1, -0.05) is 30.3 Å². The van der Waals surface area contributed by atoms with Crippen molar-refractivity contribution in [1.82, 2.24) is 14.9 Å². The highest BCUT2D eigenvalue weighted by molar-refractivity contribution is 7.15. The molecule has 1 aliphatic heterocycles. The molecule has 2 fully saturated rings. The third-order valence-electron chi connectivity index (χ3n) is 6.95. The summed E-state index contributed by atoms with van der Waals surface area (Å²) in [5.74, 6) is -0.664. The molecule has 7 nitrogen and oxygen atoms in total. The van der Waals surface area contributed by atoms with E-state index in [-0.39, 0.29) is 23.3 Å². The van der Waals surface area contributed by atoms with Crippen LogP contribution in [0.2, 0.25) is 0 Å². The Bertz CT molecular complexity index is 1500. The number of aryl methyl sites for hydroxylation is 2. The Kier molecular flexibility index (Phi) is 6.74. The fourth-order valence-corrected chi connectivity index (χ4v) is 5.89. The molecule has 1 aliphatic carbocycles. The van der Waals surface area contributed by atoms with Gasteiger partial charge in [0, 0.05) is 30.2 Å². The molecule has 4 aromatic rings. The molecule has 2 aliphatic rings. The van der Waals surface area contributed by atoms with Crippen molar-refractivity contribution in [2.45, 2.75) is 38.8 Å². The molecular weight excluding hydrogens is 491 g/mol. The molecule has 37 heavy (non-hydrogen) atoms. The zero-order valence-corrected chi connectivity index (χ0v) is 21.3. The lowest BCUT2D eigenvalue weighted by Gasteiger charge is -2.26. The van der Waals surface area contributed by atoms with E-state index in [1.54, 1.807) is 37.4 Å². The zero-order valence-electron chi connectivity index (χ0n) is 20.5. The molecule has 0 unspecified atom stereocenters. The number of thiazole rings is 1. The minimum atomic E-state index is -0.940. The number of aromatic carboxylic acids is 1.